The molecule has 3 N–H and O–H groups in total. The quantitative estimate of drug-likeness (QED) is 0.167. The summed E-state index contributed by atoms with van der Waals surface area (Å²) in [5, 5.41) is 8.12. The molecule has 2 aromatic carbocycles. The Labute approximate surface area is 264 Å². The Morgan fingerprint density at radius 3 is 2.43 bits per heavy atom. The minimum atomic E-state index is 0.0433. The number of aromatic amines is 2. The molecule has 6 aromatic rings. The third kappa shape index (κ3) is 4.97. The van der Waals surface area contributed by atoms with Crippen LogP contribution in [0.5, 0.6) is 0 Å². The molecule has 2 fully saturated rings. The number of hydrogen-bond donors (Lipinski definition) is 3. The lowest BCUT2D eigenvalue weighted by Crippen LogP contribution is -2.31. The van der Waals surface area contributed by atoms with E-state index in [1.807, 2.05) is 33.8 Å². The summed E-state index contributed by atoms with van der Waals surface area (Å²) < 4.78 is 2.66. The molecule has 9 heteroatoms. The number of benzene rings is 2. The molecule has 0 bridgehead atoms. The highest BCUT2D eigenvalue weighted by atomic mass is 32.1. The number of nitrogens with one attached hydrogen (secondary N) is 3. The van der Waals surface area contributed by atoms with Crippen LogP contribution in [0.3, 0.4) is 0 Å². The smallest absolute Gasteiger partial charge is 0.223 e. The second kappa shape index (κ2) is 11.3. The fraction of sp³-hybridized carbons (Fsp3) is 0.343. The molecular formula is C35H36N6OS2. The average molecular weight is 621 g/mol. The van der Waals surface area contributed by atoms with Gasteiger partial charge in [-0.1, -0.05) is 44.2 Å². The van der Waals surface area contributed by atoms with Gasteiger partial charge in [-0.3, -0.25) is 4.79 Å². The number of thiophene rings is 2. The van der Waals surface area contributed by atoms with E-state index in [9.17, 15) is 4.79 Å². The number of likely N-dealkylation sites (tertiary alicyclic amines) is 1. The van der Waals surface area contributed by atoms with Gasteiger partial charge < -0.3 is 20.2 Å². The fourth-order valence-corrected chi connectivity index (χ4v) is 9.26. The SMILES string of the molecule is CC(C)CC(=O)N1CCC[C@H]1c1ncc(-c2ccc(-c3csc4c(-c5ccc6nc([C@@H]7CCCN7)[nH]c6c5)csc34)cc2)[nH]1. The number of hydrogen-bond acceptors (Lipinski definition) is 6. The molecule has 0 aliphatic carbocycles. The zero-order valence-electron chi connectivity index (χ0n) is 25.0. The number of carbonyl (C=O) groups excluding carboxylic acids is 1. The van der Waals surface area contributed by atoms with E-state index in [0.717, 1.165) is 66.3 Å². The van der Waals surface area contributed by atoms with Gasteiger partial charge in [-0.15, -0.1) is 22.7 Å². The van der Waals surface area contributed by atoms with Crippen LogP contribution in [0.15, 0.2) is 59.4 Å². The van der Waals surface area contributed by atoms with Crippen molar-refractivity contribution in [2.24, 2.45) is 5.92 Å². The molecular weight excluding hydrogens is 585 g/mol. The molecule has 2 aliphatic heterocycles. The molecule has 6 heterocycles. The Bertz CT molecular complexity index is 1960. The van der Waals surface area contributed by atoms with Crippen LogP contribution in [-0.4, -0.2) is 43.8 Å². The summed E-state index contributed by atoms with van der Waals surface area (Å²) in [5.41, 5.74) is 9.22. The zero-order valence-corrected chi connectivity index (χ0v) is 26.7. The largest absolute Gasteiger partial charge is 0.341 e. The Morgan fingerprint density at radius 1 is 0.932 bits per heavy atom. The van der Waals surface area contributed by atoms with Crippen molar-refractivity contribution in [3.63, 3.8) is 0 Å². The Morgan fingerprint density at radius 2 is 1.68 bits per heavy atom. The minimum absolute atomic E-state index is 0.0433. The van der Waals surface area contributed by atoms with Crippen molar-refractivity contribution in [2.75, 3.05) is 13.1 Å². The number of fused-ring (bicyclic) bond motifs is 2. The highest BCUT2D eigenvalue weighted by Gasteiger charge is 2.32. The van der Waals surface area contributed by atoms with Gasteiger partial charge in [-0.05, 0) is 67.0 Å². The van der Waals surface area contributed by atoms with Gasteiger partial charge in [0.2, 0.25) is 5.91 Å². The molecule has 0 spiro atoms. The van der Waals surface area contributed by atoms with E-state index in [1.54, 1.807) is 0 Å². The van der Waals surface area contributed by atoms with Crippen molar-refractivity contribution in [3.05, 3.63) is 71.1 Å². The Hall–Kier alpha value is -3.79. The molecule has 224 valence electrons. The second-order valence-electron chi connectivity index (χ2n) is 12.6. The van der Waals surface area contributed by atoms with E-state index in [0.29, 0.717) is 18.4 Å². The maximum Gasteiger partial charge on any atom is 0.223 e. The van der Waals surface area contributed by atoms with E-state index in [4.69, 9.17) is 9.97 Å². The van der Waals surface area contributed by atoms with Gasteiger partial charge >= 0.3 is 0 Å². The molecule has 0 saturated carbocycles. The lowest BCUT2D eigenvalue weighted by molar-refractivity contribution is -0.133. The number of imidazole rings is 2. The predicted octanol–water partition coefficient (Wildman–Crippen LogP) is 8.70. The third-order valence-corrected chi connectivity index (χ3v) is 11.2. The van der Waals surface area contributed by atoms with Crippen LogP contribution in [0.4, 0.5) is 0 Å². The van der Waals surface area contributed by atoms with Crippen LogP contribution in [0.1, 0.15) is 69.7 Å². The first kappa shape index (κ1) is 27.7. The van der Waals surface area contributed by atoms with Crippen LogP contribution in [0.2, 0.25) is 0 Å². The summed E-state index contributed by atoms with van der Waals surface area (Å²) in [5.74, 6) is 2.54. The van der Waals surface area contributed by atoms with Crippen LogP contribution in [-0.2, 0) is 4.79 Å². The fourth-order valence-electron chi connectivity index (χ4n) is 6.80. The molecule has 2 atom stereocenters. The van der Waals surface area contributed by atoms with Crippen molar-refractivity contribution >= 4 is 49.0 Å². The number of aromatic nitrogens is 4. The molecule has 0 unspecified atom stereocenters. The summed E-state index contributed by atoms with van der Waals surface area (Å²) in [6.45, 7) is 6.08. The third-order valence-electron chi connectivity index (χ3n) is 9.06. The van der Waals surface area contributed by atoms with Crippen molar-refractivity contribution in [2.45, 2.75) is 58.0 Å². The zero-order chi connectivity index (χ0) is 29.8. The number of amides is 1. The molecule has 0 radical (unpaired) electrons. The van der Waals surface area contributed by atoms with E-state index in [-0.39, 0.29) is 11.9 Å². The average Bonchev–Trinajstić information content (AvgIpc) is 3.86. The van der Waals surface area contributed by atoms with Crippen molar-refractivity contribution in [1.29, 1.82) is 0 Å². The first-order valence-electron chi connectivity index (χ1n) is 15.7. The lowest BCUT2D eigenvalue weighted by Gasteiger charge is -2.24. The second-order valence-corrected chi connectivity index (χ2v) is 14.3. The van der Waals surface area contributed by atoms with Gasteiger partial charge in [0.05, 0.1) is 44.4 Å². The molecule has 44 heavy (non-hydrogen) atoms. The van der Waals surface area contributed by atoms with E-state index < -0.39 is 0 Å². The molecule has 4 aromatic heterocycles. The normalized spacial score (nSPS) is 18.8. The topological polar surface area (TPSA) is 89.7 Å². The molecule has 2 aliphatic rings. The van der Waals surface area contributed by atoms with Crippen LogP contribution >= 0.6 is 22.7 Å². The first-order chi connectivity index (χ1) is 21.5. The highest BCUT2D eigenvalue weighted by Crippen LogP contribution is 2.44. The van der Waals surface area contributed by atoms with E-state index in [1.165, 1.54) is 38.1 Å². The Balaban J connectivity index is 1.02. The maximum absolute atomic E-state index is 12.8. The van der Waals surface area contributed by atoms with Crippen LogP contribution in [0.25, 0.3) is 53.9 Å². The predicted molar refractivity (Wildman–Crippen MR) is 181 cm³/mol. The lowest BCUT2D eigenvalue weighted by atomic mass is 10.0. The highest BCUT2D eigenvalue weighted by molar-refractivity contribution is 7.27. The van der Waals surface area contributed by atoms with E-state index in [2.05, 4.69) is 82.4 Å². The summed E-state index contributed by atoms with van der Waals surface area (Å²) in [6, 6.07) is 15.7. The number of nitrogens with zero attached hydrogens (tertiary/aromatic N) is 3. The number of H-pyrrole nitrogens is 2. The van der Waals surface area contributed by atoms with Crippen molar-refractivity contribution in [1.82, 2.24) is 30.2 Å². The monoisotopic (exact) mass is 620 g/mol. The summed E-state index contributed by atoms with van der Waals surface area (Å²) in [6.07, 6.45) is 6.82. The van der Waals surface area contributed by atoms with Gasteiger partial charge in [-0.25, -0.2) is 9.97 Å². The van der Waals surface area contributed by atoms with Gasteiger partial charge in [-0.2, -0.15) is 0 Å². The first-order valence-corrected chi connectivity index (χ1v) is 17.4. The van der Waals surface area contributed by atoms with E-state index >= 15 is 0 Å². The van der Waals surface area contributed by atoms with Crippen molar-refractivity contribution < 1.29 is 4.79 Å². The minimum Gasteiger partial charge on any atom is -0.341 e. The molecule has 2 saturated heterocycles. The molecule has 7 nitrogen and oxygen atoms in total. The van der Waals surface area contributed by atoms with Gasteiger partial charge in [0.25, 0.3) is 0 Å². The Kier molecular flexibility index (Phi) is 7.12. The molecule has 8 rings (SSSR count). The van der Waals surface area contributed by atoms with Gasteiger partial charge in [0.15, 0.2) is 0 Å². The summed E-state index contributed by atoms with van der Waals surface area (Å²) in [7, 11) is 0. The number of carbonyl (C=O) groups is 1. The number of rotatable bonds is 7. The summed E-state index contributed by atoms with van der Waals surface area (Å²) in [4.78, 5) is 31.5. The standard InChI is InChI=1S/C35H36N6OS2/c1-20(2)15-31(42)41-14-4-6-30(41)35-37-17-29(40-35)22-9-7-21(8-10-22)24-18-43-33-25(19-44-32(24)33)23-11-12-26-28(16-23)39-34(38-26)27-5-3-13-36-27/h7-12,16-20,27,30,36H,3-6,13-15H2,1-2H3,(H,37,40)(H,38,39)/t27-,30-/m0/s1. The van der Waals surface area contributed by atoms with Gasteiger partial charge in [0, 0.05) is 34.9 Å². The van der Waals surface area contributed by atoms with Crippen LogP contribution < -0.4 is 5.32 Å². The maximum atomic E-state index is 12.8. The van der Waals surface area contributed by atoms with Gasteiger partial charge in [0.1, 0.15) is 11.6 Å². The van der Waals surface area contributed by atoms with Crippen molar-refractivity contribution in [3.8, 4) is 33.5 Å². The van der Waals surface area contributed by atoms with Crippen LogP contribution in [0, 0.1) is 5.92 Å². The molecule has 1 amide bonds. The summed E-state index contributed by atoms with van der Waals surface area (Å²) >= 11 is 3.64.